The summed E-state index contributed by atoms with van der Waals surface area (Å²) in [5, 5.41) is 3.37. The number of rotatable bonds is 8. The van der Waals surface area contributed by atoms with Crippen molar-refractivity contribution in [1.82, 2.24) is 5.32 Å². The Morgan fingerprint density at radius 1 is 1.26 bits per heavy atom. The number of para-hydroxylation sites is 1. The summed E-state index contributed by atoms with van der Waals surface area (Å²) in [5.41, 5.74) is 1.82. The van der Waals surface area contributed by atoms with E-state index >= 15 is 0 Å². The molecule has 0 aromatic heterocycles. The van der Waals surface area contributed by atoms with Gasteiger partial charge < -0.3 is 10.2 Å². The van der Waals surface area contributed by atoms with Gasteiger partial charge in [-0.25, -0.2) is 4.39 Å². The maximum atomic E-state index is 14.2. The van der Waals surface area contributed by atoms with Gasteiger partial charge in [0.25, 0.3) is 0 Å². The zero-order valence-corrected chi connectivity index (χ0v) is 12.7. The van der Waals surface area contributed by atoms with Crippen molar-refractivity contribution >= 4 is 5.69 Å². The molecule has 19 heavy (non-hydrogen) atoms. The molecule has 0 bridgehead atoms. The van der Waals surface area contributed by atoms with E-state index in [0.29, 0.717) is 12.6 Å². The summed E-state index contributed by atoms with van der Waals surface area (Å²) in [4.78, 5) is 2.15. The number of halogens is 1. The number of hydrogen-bond acceptors (Lipinski definition) is 2. The van der Waals surface area contributed by atoms with Gasteiger partial charge in [-0.1, -0.05) is 39.3 Å². The molecule has 3 heteroatoms. The molecule has 0 saturated carbocycles. The maximum Gasteiger partial charge on any atom is 0.146 e. The number of hydrogen-bond donors (Lipinski definition) is 1. The summed E-state index contributed by atoms with van der Waals surface area (Å²) < 4.78 is 14.2. The highest BCUT2D eigenvalue weighted by molar-refractivity contribution is 5.54. The van der Waals surface area contributed by atoms with Crippen LogP contribution in [0.25, 0.3) is 0 Å². The van der Waals surface area contributed by atoms with Crippen LogP contribution in [-0.4, -0.2) is 19.1 Å². The van der Waals surface area contributed by atoms with Gasteiger partial charge in [-0.2, -0.15) is 0 Å². The fourth-order valence-corrected chi connectivity index (χ4v) is 2.15. The van der Waals surface area contributed by atoms with Crippen LogP contribution in [-0.2, 0) is 6.54 Å². The van der Waals surface area contributed by atoms with E-state index in [9.17, 15) is 4.39 Å². The van der Waals surface area contributed by atoms with Gasteiger partial charge in [0.05, 0.1) is 5.69 Å². The fourth-order valence-electron chi connectivity index (χ4n) is 2.15. The summed E-state index contributed by atoms with van der Waals surface area (Å²) in [6.45, 7) is 10.9. The predicted octanol–water partition coefficient (Wildman–Crippen LogP) is 3.95. The molecule has 1 aromatic rings. The number of anilines is 1. The van der Waals surface area contributed by atoms with E-state index < -0.39 is 0 Å². The first-order chi connectivity index (χ1) is 9.10. The van der Waals surface area contributed by atoms with Crippen LogP contribution in [0.5, 0.6) is 0 Å². The van der Waals surface area contributed by atoms with Gasteiger partial charge in [0, 0.05) is 25.7 Å². The molecule has 0 unspecified atom stereocenters. The van der Waals surface area contributed by atoms with Crippen LogP contribution in [0.3, 0.4) is 0 Å². The van der Waals surface area contributed by atoms with Crippen molar-refractivity contribution < 1.29 is 4.39 Å². The molecule has 0 amide bonds. The fraction of sp³-hybridized carbons (Fsp3) is 0.625. The highest BCUT2D eigenvalue weighted by Crippen LogP contribution is 2.25. The molecule has 1 rings (SSSR count). The summed E-state index contributed by atoms with van der Waals surface area (Å²) in [6, 6.07) is 5.77. The average Bonchev–Trinajstić information content (AvgIpc) is 2.39. The van der Waals surface area contributed by atoms with Crippen LogP contribution in [0, 0.1) is 5.82 Å². The van der Waals surface area contributed by atoms with Gasteiger partial charge in [-0.15, -0.1) is 0 Å². The van der Waals surface area contributed by atoms with Crippen molar-refractivity contribution in [2.24, 2.45) is 0 Å². The lowest BCUT2D eigenvalue weighted by molar-refractivity contribution is 0.576. The Hall–Kier alpha value is -1.09. The molecule has 0 heterocycles. The van der Waals surface area contributed by atoms with E-state index in [1.165, 1.54) is 0 Å². The van der Waals surface area contributed by atoms with Gasteiger partial charge in [-0.3, -0.25) is 0 Å². The normalized spacial score (nSPS) is 11.1. The Morgan fingerprint density at radius 2 is 2.00 bits per heavy atom. The summed E-state index contributed by atoms with van der Waals surface area (Å²) in [7, 11) is 0. The second-order valence-electron chi connectivity index (χ2n) is 5.22. The van der Waals surface area contributed by atoms with Gasteiger partial charge >= 0.3 is 0 Å². The lowest BCUT2D eigenvalue weighted by Gasteiger charge is -2.26. The average molecular weight is 266 g/mol. The van der Waals surface area contributed by atoms with Crippen LogP contribution in [0.2, 0.25) is 0 Å². The largest absolute Gasteiger partial charge is 0.369 e. The lowest BCUT2D eigenvalue weighted by Crippen LogP contribution is -2.28. The van der Waals surface area contributed by atoms with Crippen LogP contribution in [0.15, 0.2) is 18.2 Å². The standard InChI is InChI=1S/C16H27FN2/c1-5-7-11-19(6-2)16-14(12-18-13(3)4)9-8-10-15(16)17/h8-10,13,18H,5-7,11-12H2,1-4H3. The Balaban J connectivity index is 2.94. The van der Waals surface area contributed by atoms with Gasteiger partial charge in [0.15, 0.2) is 0 Å². The minimum Gasteiger partial charge on any atom is -0.369 e. The second kappa shape index (κ2) is 8.16. The molecule has 1 aromatic carbocycles. The minimum atomic E-state index is -0.110. The summed E-state index contributed by atoms with van der Waals surface area (Å²) >= 11 is 0. The summed E-state index contributed by atoms with van der Waals surface area (Å²) in [5.74, 6) is -0.110. The lowest BCUT2D eigenvalue weighted by atomic mass is 10.1. The number of nitrogens with one attached hydrogen (secondary N) is 1. The number of nitrogens with zero attached hydrogens (tertiary/aromatic N) is 1. The van der Waals surface area contributed by atoms with Crippen molar-refractivity contribution in [1.29, 1.82) is 0 Å². The van der Waals surface area contributed by atoms with Crippen molar-refractivity contribution in [3.8, 4) is 0 Å². The smallest absolute Gasteiger partial charge is 0.146 e. The van der Waals surface area contributed by atoms with Crippen molar-refractivity contribution in [2.75, 3.05) is 18.0 Å². The van der Waals surface area contributed by atoms with E-state index in [0.717, 1.165) is 37.2 Å². The van der Waals surface area contributed by atoms with E-state index in [-0.39, 0.29) is 5.82 Å². The molecular formula is C16H27FN2. The zero-order chi connectivity index (χ0) is 14.3. The molecule has 0 aliphatic carbocycles. The first-order valence-corrected chi connectivity index (χ1v) is 7.35. The van der Waals surface area contributed by atoms with Crippen LogP contribution >= 0.6 is 0 Å². The van der Waals surface area contributed by atoms with Crippen LogP contribution < -0.4 is 10.2 Å². The summed E-state index contributed by atoms with van der Waals surface area (Å²) in [6.07, 6.45) is 2.23. The SMILES string of the molecule is CCCCN(CC)c1c(F)cccc1CNC(C)C. The first-order valence-electron chi connectivity index (χ1n) is 7.35. The van der Waals surface area contributed by atoms with Gasteiger partial charge in [0.2, 0.25) is 0 Å². The topological polar surface area (TPSA) is 15.3 Å². The van der Waals surface area contributed by atoms with Crippen LogP contribution in [0.4, 0.5) is 10.1 Å². The van der Waals surface area contributed by atoms with E-state index in [1.807, 2.05) is 6.07 Å². The molecule has 1 N–H and O–H groups in total. The molecule has 0 spiro atoms. The van der Waals surface area contributed by atoms with Crippen molar-refractivity contribution in [3.63, 3.8) is 0 Å². The highest BCUT2D eigenvalue weighted by atomic mass is 19.1. The molecule has 0 aliphatic heterocycles. The van der Waals surface area contributed by atoms with Crippen LogP contribution in [0.1, 0.15) is 46.1 Å². The molecule has 2 nitrogen and oxygen atoms in total. The number of benzene rings is 1. The zero-order valence-electron chi connectivity index (χ0n) is 12.7. The Kier molecular flexibility index (Phi) is 6.85. The van der Waals surface area contributed by atoms with Gasteiger partial charge in [-0.05, 0) is 25.0 Å². The number of unbranched alkanes of at least 4 members (excludes halogenated alkanes) is 1. The molecular weight excluding hydrogens is 239 g/mol. The predicted molar refractivity (Wildman–Crippen MR) is 81.2 cm³/mol. The first kappa shape index (κ1) is 16.0. The Labute approximate surface area is 117 Å². The Bertz CT molecular complexity index is 377. The third-order valence-corrected chi connectivity index (χ3v) is 3.25. The third kappa shape index (κ3) is 4.83. The molecule has 0 atom stereocenters. The second-order valence-corrected chi connectivity index (χ2v) is 5.22. The Morgan fingerprint density at radius 3 is 2.58 bits per heavy atom. The minimum absolute atomic E-state index is 0.110. The highest BCUT2D eigenvalue weighted by Gasteiger charge is 2.14. The van der Waals surface area contributed by atoms with Crippen molar-refractivity contribution in [2.45, 2.75) is 53.1 Å². The maximum absolute atomic E-state index is 14.2. The molecule has 0 fully saturated rings. The molecule has 0 aliphatic rings. The molecule has 108 valence electrons. The monoisotopic (exact) mass is 266 g/mol. The molecule has 0 saturated heterocycles. The van der Waals surface area contributed by atoms with E-state index in [1.54, 1.807) is 12.1 Å². The quantitative estimate of drug-likeness (QED) is 0.766. The van der Waals surface area contributed by atoms with E-state index in [2.05, 4.69) is 37.9 Å². The van der Waals surface area contributed by atoms with Crippen molar-refractivity contribution in [3.05, 3.63) is 29.6 Å². The molecule has 0 radical (unpaired) electrons. The van der Waals surface area contributed by atoms with Gasteiger partial charge in [0.1, 0.15) is 5.82 Å². The van der Waals surface area contributed by atoms with E-state index in [4.69, 9.17) is 0 Å². The third-order valence-electron chi connectivity index (χ3n) is 3.25.